The molecule has 2 rings (SSSR count). The van der Waals surface area contributed by atoms with Gasteiger partial charge in [0.1, 0.15) is 0 Å². The van der Waals surface area contributed by atoms with Gasteiger partial charge in [-0.1, -0.05) is 18.2 Å². The molecule has 0 bridgehead atoms. The van der Waals surface area contributed by atoms with Gasteiger partial charge in [-0.15, -0.1) is 0 Å². The molecule has 0 radical (unpaired) electrons. The molecular formula is C12H12F3N3. The maximum Gasteiger partial charge on any atom is 0.390 e. The van der Waals surface area contributed by atoms with Crippen molar-refractivity contribution >= 4 is 11.6 Å². The van der Waals surface area contributed by atoms with E-state index in [1.807, 2.05) is 30.3 Å². The molecule has 18 heavy (non-hydrogen) atoms. The normalized spacial score (nSPS) is 11.5. The van der Waals surface area contributed by atoms with Crippen molar-refractivity contribution in [2.24, 2.45) is 0 Å². The molecule has 1 heterocycles. The van der Waals surface area contributed by atoms with Crippen LogP contribution in [0.2, 0.25) is 0 Å². The first-order valence-electron chi connectivity index (χ1n) is 5.44. The van der Waals surface area contributed by atoms with Gasteiger partial charge in [-0.25, -0.2) is 4.98 Å². The average molecular weight is 255 g/mol. The van der Waals surface area contributed by atoms with Crippen LogP contribution < -0.4 is 5.32 Å². The van der Waals surface area contributed by atoms with E-state index in [-0.39, 0.29) is 6.54 Å². The summed E-state index contributed by atoms with van der Waals surface area (Å²) in [5.41, 5.74) is 0.789. The van der Waals surface area contributed by atoms with Crippen LogP contribution >= 0.6 is 0 Å². The molecule has 0 saturated heterocycles. The van der Waals surface area contributed by atoms with Crippen LogP contribution in [0.3, 0.4) is 0 Å². The summed E-state index contributed by atoms with van der Waals surface area (Å²) in [6.45, 7) is -0.140. The van der Waals surface area contributed by atoms with E-state index in [9.17, 15) is 13.2 Å². The van der Waals surface area contributed by atoms with E-state index in [0.29, 0.717) is 5.95 Å². The Morgan fingerprint density at radius 1 is 1.17 bits per heavy atom. The smallest absolute Gasteiger partial charge is 0.326 e. The molecule has 0 aliphatic carbocycles. The fourth-order valence-corrected chi connectivity index (χ4v) is 1.51. The lowest BCUT2D eigenvalue weighted by Gasteiger charge is -2.11. The number of hydrogen-bond acceptors (Lipinski definition) is 2. The summed E-state index contributed by atoms with van der Waals surface area (Å²) in [4.78, 5) is 4.00. The molecule has 3 nitrogen and oxygen atoms in total. The largest absolute Gasteiger partial charge is 0.390 e. The maximum absolute atomic E-state index is 12.2. The molecule has 2 aromatic rings. The average Bonchev–Trinajstić information content (AvgIpc) is 2.74. The number of halogens is 3. The second-order valence-corrected chi connectivity index (χ2v) is 3.80. The predicted octanol–water partition coefficient (Wildman–Crippen LogP) is 3.58. The molecule has 1 aromatic heterocycles. The van der Waals surface area contributed by atoms with Crippen molar-refractivity contribution in [2.75, 3.05) is 5.32 Å². The highest BCUT2D eigenvalue weighted by Gasteiger charge is 2.26. The number of hydrogen-bond donors (Lipinski definition) is 1. The predicted molar refractivity (Wildman–Crippen MR) is 62.6 cm³/mol. The molecule has 0 amide bonds. The molecule has 0 aliphatic heterocycles. The lowest BCUT2D eigenvalue weighted by molar-refractivity contribution is -0.136. The summed E-state index contributed by atoms with van der Waals surface area (Å²) in [5.74, 6) is 0.408. The molecule has 0 aliphatic rings. The van der Waals surface area contributed by atoms with Crippen molar-refractivity contribution in [1.29, 1.82) is 0 Å². The quantitative estimate of drug-likeness (QED) is 0.905. The molecule has 0 spiro atoms. The molecule has 0 unspecified atom stereocenters. The molecular weight excluding hydrogens is 243 g/mol. The number of rotatable bonds is 4. The molecule has 0 saturated carbocycles. The van der Waals surface area contributed by atoms with Crippen LogP contribution in [0, 0.1) is 0 Å². The van der Waals surface area contributed by atoms with E-state index in [2.05, 4.69) is 10.3 Å². The van der Waals surface area contributed by atoms with Gasteiger partial charge in [-0.05, 0) is 12.1 Å². The number of alkyl halides is 3. The summed E-state index contributed by atoms with van der Waals surface area (Å²) >= 11 is 0. The van der Waals surface area contributed by atoms with E-state index >= 15 is 0 Å². The minimum atomic E-state index is -4.16. The Bertz CT molecular complexity index is 491. The van der Waals surface area contributed by atoms with E-state index in [0.717, 1.165) is 5.69 Å². The zero-order valence-corrected chi connectivity index (χ0v) is 9.48. The summed E-state index contributed by atoms with van der Waals surface area (Å²) < 4.78 is 37.9. The highest BCUT2D eigenvalue weighted by molar-refractivity contribution is 5.52. The third-order valence-corrected chi connectivity index (χ3v) is 2.38. The number of nitrogens with zero attached hydrogens (tertiary/aromatic N) is 2. The number of aryl methyl sites for hydroxylation is 1. The number of imidazole rings is 1. The summed E-state index contributed by atoms with van der Waals surface area (Å²) in [5, 5.41) is 2.97. The molecule has 1 N–H and O–H groups in total. The number of benzene rings is 1. The highest BCUT2D eigenvalue weighted by Crippen LogP contribution is 2.22. The molecule has 96 valence electrons. The second-order valence-electron chi connectivity index (χ2n) is 3.80. The highest BCUT2D eigenvalue weighted by atomic mass is 19.4. The lowest BCUT2D eigenvalue weighted by Crippen LogP contribution is -2.13. The van der Waals surface area contributed by atoms with Crippen molar-refractivity contribution < 1.29 is 13.2 Å². The zero-order valence-electron chi connectivity index (χ0n) is 9.48. The standard InChI is InChI=1S/C12H12F3N3/c13-12(14,15)6-8-18-9-7-16-11(18)17-10-4-2-1-3-5-10/h1-5,7,9H,6,8H2,(H,16,17). The summed E-state index contributed by atoms with van der Waals surface area (Å²) in [7, 11) is 0. The van der Waals surface area contributed by atoms with Gasteiger partial charge in [0.05, 0.1) is 6.42 Å². The summed E-state index contributed by atoms with van der Waals surface area (Å²) in [6, 6.07) is 9.18. The SMILES string of the molecule is FC(F)(F)CCn1ccnc1Nc1ccccc1. The van der Waals surface area contributed by atoms with Crippen molar-refractivity contribution in [2.45, 2.75) is 19.1 Å². The number of para-hydroxylation sites is 1. The first-order valence-corrected chi connectivity index (χ1v) is 5.44. The Hall–Kier alpha value is -1.98. The van der Waals surface area contributed by atoms with Crippen molar-refractivity contribution in [1.82, 2.24) is 9.55 Å². The van der Waals surface area contributed by atoms with Crippen molar-refractivity contribution in [3.63, 3.8) is 0 Å². The zero-order chi connectivity index (χ0) is 13.0. The van der Waals surface area contributed by atoms with E-state index in [1.165, 1.54) is 17.0 Å². The van der Waals surface area contributed by atoms with Crippen LogP contribution in [0.15, 0.2) is 42.7 Å². The lowest BCUT2D eigenvalue weighted by atomic mass is 10.3. The van der Waals surface area contributed by atoms with Crippen LogP contribution in [-0.4, -0.2) is 15.7 Å². The summed E-state index contributed by atoms with van der Waals surface area (Å²) in [6.07, 6.45) is -2.03. The van der Waals surface area contributed by atoms with Crippen LogP contribution in [-0.2, 0) is 6.54 Å². The first-order chi connectivity index (χ1) is 8.54. The Balaban J connectivity index is 2.04. The van der Waals surface area contributed by atoms with Crippen LogP contribution in [0.25, 0.3) is 0 Å². The van der Waals surface area contributed by atoms with Crippen LogP contribution in [0.5, 0.6) is 0 Å². The van der Waals surface area contributed by atoms with Gasteiger partial charge in [0.2, 0.25) is 5.95 Å². The number of aromatic nitrogens is 2. The number of nitrogens with one attached hydrogen (secondary N) is 1. The third-order valence-electron chi connectivity index (χ3n) is 2.38. The van der Waals surface area contributed by atoms with Crippen LogP contribution in [0.4, 0.5) is 24.8 Å². The Morgan fingerprint density at radius 2 is 1.89 bits per heavy atom. The topological polar surface area (TPSA) is 29.9 Å². The van der Waals surface area contributed by atoms with Gasteiger partial charge >= 0.3 is 6.18 Å². The molecule has 0 atom stereocenters. The van der Waals surface area contributed by atoms with Crippen molar-refractivity contribution in [3.8, 4) is 0 Å². The van der Waals surface area contributed by atoms with E-state index in [1.54, 1.807) is 0 Å². The van der Waals surface area contributed by atoms with Crippen molar-refractivity contribution in [3.05, 3.63) is 42.7 Å². The molecule has 0 fully saturated rings. The van der Waals surface area contributed by atoms with Gasteiger partial charge in [0.25, 0.3) is 0 Å². The minimum Gasteiger partial charge on any atom is -0.326 e. The van der Waals surface area contributed by atoms with Gasteiger partial charge in [0.15, 0.2) is 0 Å². The fraction of sp³-hybridized carbons (Fsp3) is 0.250. The van der Waals surface area contributed by atoms with Gasteiger partial charge in [-0.3, -0.25) is 0 Å². The Morgan fingerprint density at radius 3 is 2.56 bits per heavy atom. The first kappa shape index (κ1) is 12.5. The maximum atomic E-state index is 12.2. The van der Waals surface area contributed by atoms with Gasteiger partial charge in [0, 0.05) is 24.6 Å². The molecule has 6 heteroatoms. The van der Waals surface area contributed by atoms with Gasteiger partial charge < -0.3 is 9.88 Å². The van der Waals surface area contributed by atoms with Gasteiger partial charge in [-0.2, -0.15) is 13.2 Å². The Kier molecular flexibility index (Phi) is 3.55. The fourth-order valence-electron chi connectivity index (χ4n) is 1.51. The van der Waals surface area contributed by atoms with Crippen LogP contribution in [0.1, 0.15) is 6.42 Å². The van der Waals surface area contributed by atoms with E-state index < -0.39 is 12.6 Å². The Labute approximate surface area is 102 Å². The monoisotopic (exact) mass is 255 g/mol. The second kappa shape index (κ2) is 5.12. The minimum absolute atomic E-state index is 0.140. The third kappa shape index (κ3) is 3.51. The molecule has 1 aromatic carbocycles. The number of anilines is 2. The van der Waals surface area contributed by atoms with E-state index in [4.69, 9.17) is 0 Å².